The van der Waals surface area contributed by atoms with Gasteiger partial charge >= 0.3 is 0 Å². The van der Waals surface area contributed by atoms with E-state index in [0.29, 0.717) is 36.8 Å². The number of Topliss-reactive ketones (excluding diaryl/α,β-unsaturated/α-hetero) is 1. The molecule has 204 valence electrons. The van der Waals surface area contributed by atoms with Crippen molar-refractivity contribution in [2.24, 2.45) is 17.8 Å². The number of aliphatic hydroxyl groups is 1. The number of carbonyl (C=O) groups is 4. The molecule has 1 aromatic carbocycles. The molecule has 1 aromatic heterocycles. The Morgan fingerprint density at radius 3 is 2.71 bits per heavy atom. The van der Waals surface area contributed by atoms with Gasteiger partial charge < -0.3 is 25.6 Å². The van der Waals surface area contributed by atoms with Crippen molar-refractivity contribution in [3.05, 3.63) is 33.7 Å². The first-order valence-electron chi connectivity index (χ1n) is 12.9. The zero-order valence-electron chi connectivity index (χ0n) is 20.6. The van der Waals surface area contributed by atoms with Crippen molar-refractivity contribution in [3.8, 4) is 0 Å². The monoisotopic (exact) mass is 566 g/mol. The van der Waals surface area contributed by atoms with Gasteiger partial charge in [0, 0.05) is 29.9 Å². The van der Waals surface area contributed by atoms with E-state index in [9.17, 15) is 28.7 Å². The number of likely N-dealkylation sites (tertiary alicyclic amines) is 1. The second-order valence-corrected chi connectivity index (χ2v) is 11.2. The minimum Gasteiger partial charge on any atom is -0.389 e. The predicted octanol–water partition coefficient (Wildman–Crippen LogP) is 2.82. The number of carbonyl (C=O) groups excluding carboxylic acids is 4. The molecule has 3 amide bonds. The minimum atomic E-state index is -0.963. The summed E-state index contributed by atoms with van der Waals surface area (Å²) in [6.07, 6.45) is 3.86. The molecule has 2 aromatic rings. The largest absolute Gasteiger partial charge is 0.389 e. The van der Waals surface area contributed by atoms with Crippen molar-refractivity contribution < 1.29 is 28.7 Å². The number of nitrogens with one attached hydrogen (secondary N) is 3. The van der Waals surface area contributed by atoms with E-state index in [0.717, 1.165) is 19.3 Å². The van der Waals surface area contributed by atoms with Crippen molar-refractivity contribution in [1.29, 1.82) is 0 Å². The topological polar surface area (TPSA) is 132 Å². The molecule has 3 heterocycles. The van der Waals surface area contributed by atoms with Crippen LogP contribution in [0.25, 0.3) is 10.9 Å². The van der Waals surface area contributed by atoms with Crippen LogP contribution in [-0.2, 0) is 14.4 Å². The molecule has 4 N–H and O–H groups in total. The number of nitrogens with zero attached hydrogens (tertiary/aromatic N) is 1. The van der Waals surface area contributed by atoms with E-state index in [1.165, 1.54) is 17.0 Å². The normalized spacial score (nSPS) is 25.5. The zero-order valence-corrected chi connectivity index (χ0v) is 22.1. The van der Waals surface area contributed by atoms with E-state index in [1.807, 2.05) is 0 Å². The van der Waals surface area contributed by atoms with Crippen LogP contribution in [0.5, 0.6) is 0 Å². The lowest BCUT2D eigenvalue weighted by Crippen LogP contribution is -2.53. The Morgan fingerprint density at radius 1 is 1.21 bits per heavy atom. The Kier molecular flexibility index (Phi) is 7.66. The fourth-order valence-electron chi connectivity index (χ4n) is 6.27. The average Bonchev–Trinajstić information content (AvgIpc) is 3.68. The summed E-state index contributed by atoms with van der Waals surface area (Å²) in [4.78, 5) is 56.2. The maximum atomic E-state index is 14.2. The average molecular weight is 567 g/mol. The van der Waals surface area contributed by atoms with E-state index in [2.05, 4.69) is 15.6 Å². The van der Waals surface area contributed by atoms with E-state index in [4.69, 9.17) is 23.2 Å². The molecule has 5 atom stereocenters. The van der Waals surface area contributed by atoms with Crippen LogP contribution < -0.4 is 10.6 Å². The Balaban J connectivity index is 1.37. The number of aromatic nitrogens is 1. The Hall–Kier alpha value is -2.69. The number of ketones is 1. The van der Waals surface area contributed by atoms with Crippen LogP contribution >= 0.6 is 23.2 Å². The van der Waals surface area contributed by atoms with Gasteiger partial charge in [-0.2, -0.15) is 0 Å². The third-order valence-electron chi connectivity index (χ3n) is 8.24. The molecular weight excluding hydrogens is 538 g/mol. The summed E-state index contributed by atoms with van der Waals surface area (Å²) in [7, 11) is 0. The van der Waals surface area contributed by atoms with E-state index in [1.54, 1.807) is 0 Å². The molecule has 5 rings (SSSR count). The lowest BCUT2D eigenvalue weighted by atomic mass is 9.92. The summed E-state index contributed by atoms with van der Waals surface area (Å²) >= 11 is 12.0. The Bertz CT molecular complexity index is 1300. The lowest BCUT2D eigenvalue weighted by Gasteiger charge is -2.28. The van der Waals surface area contributed by atoms with Gasteiger partial charge in [-0.05, 0) is 56.1 Å². The molecule has 1 saturated carbocycles. The van der Waals surface area contributed by atoms with Gasteiger partial charge in [0.1, 0.15) is 18.3 Å². The second-order valence-electron chi connectivity index (χ2n) is 10.4. The summed E-state index contributed by atoms with van der Waals surface area (Å²) in [6, 6.07) is 1.04. The van der Waals surface area contributed by atoms with Crippen molar-refractivity contribution >= 4 is 57.6 Å². The van der Waals surface area contributed by atoms with Gasteiger partial charge in [0.25, 0.3) is 5.91 Å². The SMILES string of the molecule is O=C1NCC[C@H]1CC[C@H](NC(=O)[C@@H]1[C@H]2CCC[C@H]2CN1C(=O)c1cc2c(Cl)c(F)c(Cl)cc2[nH]1)C(=O)CO. The van der Waals surface area contributed by atoms with Crippen LogP contribution in [0, 0.1) is 23.6 Å². The van der Waals surface area contributed by atoms with Crippen LogP contribution in [0.1, 0.15) is 49.0 Å². The first-order chi connectivity index (χ1) is 18.2. The molecule has 3 aliphatic rings. The first-order valence-corrected chi connectivity index (χ1v) is 13.6. The van der Waals surface area contributed by atoms with E-state index in [-0.39, 0.29) is 45.8 Å². The number of H-pyrrole nitrogens is 1. The molecule has 38 heavy (non-hydrogen) atoms. The number of rotatable bonds is 8. The molecule has 12 heteroatoms. The van der Waals surface area contributed by atoms with Crippen LogP contribution in [0.15, 0.2) is 12.1 Å². The summed E-state index contributed by atoms with van der Waals surface area (Å²) in [6.45, 7) is 0.214. The highest BCUT2D eigenvalue weighted by atomic mass is 35.5. The standard InChI is InChI=1S/C26H29Cl2FN4O5/c27-16-9-18-15(21(28)22(16)29)8-19(31-18)26(38)33-10-13-2-1-3-14(13)23(33)25(37)32-17(20(35)11-34)5-4-12-6-7-30-24(12)36/h8-9,12-14,17,23,31,34H,1-7,10-11H2,(H,30,36)(H,32,37)/t12-,13+,14+,17+,23+/m1/s1. The van der Waals surface area contributed by atoms with Gasteiger partial charge in [-0.25, -0.2) is 4.39 Å². The van der Waals surface area contributed by atoms with Gasteiger partial charge in [-0.15, -0.1) is 0 Å². The van der Waals surface area contributed by atoms with Gasteiger partial charge in [-0.1, -0.05) is 29.6 Å². The number of amides is 3. The molecule has 0 bridgehead atoms. The van der Waals surface area contributed by atoms with Crippen molar-refractivity contribution in [2.45, 2.75) is 50.6 Å². The number of benzene rings is 1. The van der Waals surface area contributed by atoms with Crippen molar-refractivity contribution in [3.63, 3.8) is 0 Å². The number of aromatic amines is 1. The third kappa shape index (κ3) is 4.89. The summed E-state index contributed by atoms with van der Waals surface area (Å²) < 4.78 is 14.2. The number of fused-ring (bicyclic) bond motifs is 2. The quantitative estimate of drug-likeness (QED) is 0.365. The van der Waals surface area contributed by atoms with Gasteiger partial charge in [-0.3, -0.25) is 19.2 Å². The number of halogens is 3. The highest BCUT2D eigenvalue weighted by molar-refractivity contribution is 6.39. The molecule has 0 spiro atoms. The first kappa shape index (κ1) is 26.9. The number of aliphatic hydroxyl groups excluding tert-OH is 1. The summed E-state index contributed by atoms with van der Waals surface area (Å²) in [5.74, 6) is -2.45. The predicted molar refractivity (Wildman–Crippen MR) is 138 cm³/mol. The number of hydrogen-bond acceptors (Lipinski definition) is 5. The summed E-state index contributed by atoms with van der Waals surface area (Å²) in [5.41, 5.74) is 0.547. The highest BCUT2D eigenvalue weighted by Gasteiger charge is 2.50. The number of hydrogen-bond donors (Lipinski definition) is 4. The molecule has 0 unspecified atom stereocenters. The summed E-state index contributed by atoms with van der Waals surface area (Å²) in [5, 5.41) is 15.0. The van der Waals surface area contributed by atoms with E-state index < -0.39 is 42.1 Å². The van der Waals surface area contributed by atoms with Crippen LogP contribution in [-0.4, -0.2) is 70.3 Å². The third-order valence-corrected chi connectivity index (χ3v) is 8.88. The van der Waals surface area contributed by atoms with Crippen molar-refractivity contribution in [1.82, 2.24) is 20.5 Å². The van der Waals surface area contributed by atoms with E-state index >= 15 is 0 Å². The second kappa shape index (κ2) is 10.8. The molecular formula is C26H29Cl2FN4O5. The highest BCUT2D eigenvalue weighted by Crippen LogP contribution is 2.43. The zero-order chi connectivity index (χ0) is 27.1. The van der Waals surface area contributed by atoms with Gasteiger partial charge in [0.05, 0.1) is 16.1 Å². The molecule has 0 radical (unpaired) electrons. The van der Waals surface area contributed by atoms with Crippen molar-refractivity contribution in [2.75, 3.05) is 19.7 Å². The molecule has 3 fully saturated rings. The Morgan fingerprint density at radius 2 is 2.00 bits per heavy atom. The van der Waals surface area contributed by atoms with Crippen LogP contribution in [0.4, 0.5) is 4.39 Å². The fraction of sp³-hybridized carbons (Fsp3) is 0.538. The lowest BCUT2D eigenvalue weighted by molar-refractivity contribution is -0.132. The molecule has 1 aliphatic carbocycles. The van der Waals surface area contributed by atoms with Gasteiger partial charge in [0.15, 0.2) is 11.6 Å². The molecule has 2 aliphatic heterocycles. The molecule has 2 saturated heterocycles. The Labute approximate surface area is 228 Å². The minimum absolute atomic E-state index is 0.0655. The molecule has 9 nitrogen and oxygen atoms in total. The van der Waals surface area contributed by atoms with Gasteiger partial charge in [0.2, 0.25) is 11.8 Å². The van der Waals surface area contributed by atoms with Crippen LogP contribution in [0.2, 0.25) is 10.0 Å². The van der Waals surface area contributed by atoms with Crippen LogP contribution in [0.3, 0.4) is 0 Å². The fourth-order valence-corrected chi connectivity index (χ4v) is 6.78. The maximum Gasteiger partial charge on any atom is 0.271 e. The smallest absolute Gasteiger partial charge is 0.271 e. The maximum absolute atomic E-state index is 14.2.